The van der Waals surface area contributed by atoms with Crippen molar-refractivity contribution in [1.29, 1.82) is 0 Å². The molecule has 10 rings (SSSR count). The van der Waals surface area contributed by atoms with Crippen LogP contribution >= 0.6 is 0 Å². The lowest BCUT2D eigenvalue weighted by molar-refractivity contribution is 0.487. The predicted octanol–water partition coefficient (Wildman–Crippen LogP) is 12.5. The van der Waals surface area contributed by atoms with Gasteiger partial charge in [0, 0.05) is 10.9 Å². The number of hydrogen-bond donors (Lipinski definition) is 0. The molecule has 0 unspecified atom stereocenters. The molecule has 1 heterocycles. The third kappa shape index (κ3) is 3.68. The first-order valence-corrected chi connectivity index (χ1v) is 15.1. The topological polar surface area (TPSA) is 9.23 Å². The highest BCUT2D eigenvalue weighted by Gasteiger charge is 2.22. The molecule has 1 aliphatic heterocycles. The molecule has 0 bridgehead atoms. The fraction of sp³-hybridized carbons (Fsp3) is 0. The van der Waals surface area contributed by atoms with Crippen LogP contribution in [0.5, 0.6) is 11.5 Å². The minimum atomic E-state index is -0.404. The van der Waals surface area contributed by atoms with Gasteiger partial charge in [-0.3, -0.25) is 0 Å². The van der Waals surface area contributed by atoms with Gasteiger partial charge >= 0.3 is 0 Å². The molecule has 1 nitrogen and oxygen atoms in total. The van der Waals surface area contributed by atoms with E-state index in [0.29, 0.717) is 11.3 Å². The van der Waals surface area contributed by atoms with Gasteiger partial charge in [0.25, 0.3) is 0 Å². The molecule has 0 fully saturated rings. The van der Waals surface area contributed by atoms with Crippen molar-refractivity contribution in [3.63, 3.8) is 0 Å². The maximum Gasteiger partial charge on any atom is 0.135 e. The first-order chi connectivity index (χ1) is 24.4. The van der Waals surface area contributed by atoms with Gasteiger partial charge in [-0.15, -0.1) is 0 Å². The number of benzene rings is 9. The Morgan fingerprint density at radius 3 is 1.89 bits per heavy atom. The Hall–Kier alpha value is -5.92. The largest absolute Gasteiger partial charge is 0.456 e. The van der Waals surface area contributed by atoms with Crippen molar-refractivity contribution in [3.05, 3.63) is 158 Å². The molecule has 0 radical (unpaired) electrons. The van der Waals surface area contributed by atoms with Crippen LogP contribution in [0.2, 0.25) is 0 Å². The molecule has 0 aliphatic carbocycles. The molecule has 0 saturated heterocycles. The summed E-state index contributed by atoms with van der Waals surface area (Å²) in [5.74, 6) is 1.42. The molecular weight excluding hydrogens is 544 g/mol. The van der Waals surface area contributed by atoms with Crippen LogP contribution in [0.25, 0.3) is 87.6 Å². The van der Waals surface area contributed by atoms with E-state index in [1.165, 1.54) is 37.9 Å². The fourth-order valence-electron chi connectivity index (χ4n) is 7.18. The molecule has 45 heavy (non-hydrogen) atoms. The number of rotatable bonds is 3. The van der Waals surface area contributed by atoms with E-state index in [0.717, 1.165) is 44.3 Å². The van der Waals surface area contributed by atoms with Crippen LogP contribution in [0.3, 0.4) is 0 Å². The summed E-state index contributed by atoms with van der Waals surface area (Å²) in [6.07, 6.45) is 0. The average molecular weight is 576 g/mol. The van der Waals surface area contributed by atoms with E-state index in [1.807, 2.05) is 24.3 Å². The molecule has 1 aliphatic rings. The second-order valence-corrected chi connectivity index (χ2v) is 11.7. The molecule has 208 valence electrons. The van der Waals surface area contributed by atoms with E-state index in [-0.39, 0.29) is 29.7 Å². The summed E-state index contributed by atoms with van der Waals surface area (Å²) in [5, 5.41) is 9.62. The van der Waals surface area contributed by atoms with Crippen LogP contribution in [0.4, 0.5) is 0 Å². The fourth-order valence-corrected chi connectivity index (χ4v) is 7.18. The molecular formula is C44H26O. The number of ether oxygens (including phenoxy) is 1. The summed E-state index contributed by atoms with van der Waals surface area (Å²) in [4.78, 5) is 0. The van der Waals surface area contributed by atoms with Gasteiger partial charge in [0.15, 0.2) is 0 Å². The highest BCUT2D eigenvalue weighted by Crippen LogP contribution is 2.49. The minimum absolute atomic E-state index is 0.174. The van der Waals surface area contributed by atoms with E-state index < -0.39 is 6.04 Å². The van der Waals surface area contributed by atoms with Crippen LogP contribution in [-0.4, -0.2) is 0 Å². The van der Waals surface area contributed by atoms with Crippen molar-refractivity contribution < 1.29 is 11.6 Å². The van der Waals surface area contributed by atoms with Gasteiger partial charge < -0.3 is 4.74 Å². The lowest BCUT2D eigenvalue weighted by Crippen LogP contribution is -1.98. The maximum absolute atomic E-state index is 8.57. The molecule has 0 spiro atoms. The molecule has 9 aromatic rings. The lowest BCUT2D eigenvalue weighted by Gasteiger charge is -2.23. The highest BCUT2D eigenvalue weighted by molar-refractivity contribution is 6.25. The van der Waals surface area contributed by atoms with E-state index in [9.17, 15) is 0 Å². The molecule has 0 amide bonds. The summed E-state index contributed by atoms with van der Waals surface area (Å²) in [5.41, 5.74) is 6.97. The summed E-state index contributed by atoms with van der Waals surface area (Å²) in [7, 11) is 0. The van der Waals surface area contributed by atoms with Crippen molar-refractivity contribution >= 4 is 43.1 Å². The quantitative estimate of drug-likeness (QED) is 0.190. The Kier molecular flexibility index (Phi) is 4.15. The standard InChI is InChI=1S/C44H26O/c1-2-6-27(7-3-1)33-20-23-40-38(25-33)39-26-35(24-34-10-5-11-41(45-40)43(34)39)28-12-14-29(15-13-28)36-21-18-32-17-16-30-8-4-9-31-19-22-37(36)44(32)42(30)31/h1-26H/i1D,2D,3D,6D,7D. The van der Waals surface area contributed by atoms with Crippen LogP contribution in [0.1, 0.15) is 6.85 Å². The zero-order valence-corrected chi connectivity index (χ0v) is 24.0. The zero-order chi connectivity index (χ0) is 33.8. The lowest BCUT2D eigenvalue weighted by atomic mass is 9.88. The normalized spacial score (nSPS) is 13.7. The van der Waals surface area contributed by atoms with Crippen LogP contribution in [0.15, 0.2) is 158 Å². The maximum atomic E-state index is 8.57. The van der Waals surface area contributed by atoms with Crippen molar-refractivity contribution in [2.45, 2.75) is 0 Å². The van der Waals surface area contributed by atoms with Gasteiger partial charge in [0.05, 0.1) is 6.85 Å². The molecule has 0 saturated carbocycles. The van der Waals surface area contributed by atoms with Gasteiger partial charge in [0.1, 0.15) is 11.5 Å². The third-order valence-electron chi connectivity index (χ3n) is 9.27. The molecule has 0 aromatic heterocycles. The Morgan fingerprint density at radius 1 is 0.378 bits per heavy atom. The number of hydrogen-bond acceptors (Lipinski definition) is 1. The summed E-state index contributed by atoms with van der Waals surface area (Å²) in [6.45, 7) is 0. The monoisotopic (exact) mass is 575 g/mol. The van der Waals surface area contributed by atoms with Gasteiger partial charge in [-0.2, -0.15) is 0 Å². The third-order valence-corrected chi connectivity index (χ3v) is 9.27. The van der Waals surface area contributed by atoms with E-state index in [4.69, 9.17) is 11.6 Å². The first kappa shape index (κ1) is 20.1. The second-order valence-electron chi connectivity index (χ2n) is 11.7. The van der Waals surface area contributed by atoms with E-state index >= 15 is 0 Å². The summed E-state index contributed by atoms with van der Waals surface area (Å²) < 4.78 is 48.0. The average Bonchev–Trinajstić information content (AvgIpc) is 3.15. The van der Waals surface area contributed by atoms with Crippen LogP contribution in [-0.2, 0) is 0 Å². The van der Waals surface area contributed by atoms with E-state index in [1.54, 1.807) is 6.07 Å². The Labute approximate surface area is 267 Å². The van der Waals surface area contributed by atoms with Crippen molar-refractivity contribution in [1.82, 2.24) is 0 Å². The number of fused-ring (bicyclic) bond motifs is 2. The van der Waals surface area contributed by atoms with Gasteiger partial charge in [0.2, 0.25) is 0 Å². The summed E-state index contributed by atoms with van der Waals surface area (Å²) in [6, 6.07) is 42.9. The Morgan fingerprint density at radius 2 is 1.04 bits per heavy atom. The van der Waals surface area contributed by atoms with E-state index in [2.05, 4.69) is 97.1 Å². The molecule has 0 atom stereocenters. The van der Waals surface area contributed by atoms with Crippen molar-refractivity contribution in [3.8, 4) is 56.0 Å². The first-order valence-electron chi connectivity index (χ1n) is 17.6. The van der Waals surface area contributed by atoms with Gasteiger partial charge in [-0.05, 0) is 107 Å². The van der Waals surface area contributed by atoms with Crippen molar-refractivity contribution in [2.24, 2.45) is 0 Å². The predicted molar refractivity (Wildman–Crippen MR) is 189 cm³/mol. The SMILES string of the molecule is [2H]c1c([2H])c([2H])c(-c2ccc3c(c2)-c2cc(-c4ccc(-c5ccc6ccc7cccc8ccc5c6c78)cc4)cc4cccc(c24)O3)c([2H])c1[2H]. The van der Waals surface area contributed by atoms with Crippen LogP contribution < -0.4 is 4.74 Å². The molecule has 0 N–H and O–H groups in total. The minimum Gasteiger partial charge on any atom is -0.456 e. The van der Waals surface area contributed by atoms with Gasteiger partial charge in [-0.25, -0.2) is 0 Å². The highest BCUT2D eigenvalue weighted by atomic mass is 16.5. The molecule has 1 heteroatoms. The zero-order valence-electron chi connectivity index (χ0n) is 29.0. The molecule has 9 aromatic carbocycles. The Bertz CT molecular complexity index is 2850. The van der Waals surface area contributed by atoms with Crippen molar-refractivity contribution in [2.75, 3.05) is 0 Å². The second kappa shape index (κ2) is 9.29. The van der Waals surface area contributed by atoms with Crippen LogP contribution in [0, 0.1) is 0 Å². The van der Waals surface area contributed by atoms with Gasteiger partial charge in [-0.1, -0.05) is 127 Å². The Balaban J connectivity index is 1.11. The summed E-state index contributed by atoms with van der Waals surface area (Å²) >= 11 is 0. The smallest absolute Gasteiger partial charge is 0.135 e.